The molecule has 21 heteroatoms. The summed E-state index contributed by atoms with van der Waals surface area (Å²) in [6.07, 6.45) is 11.6. The predicted molar refractivity (Wildman–Crippen MR) is 393 cm³/mol. The molecule has 0 spiro atoms. The maximum absolute atomic E-state index is 14.2. The van der Waals surface area contributed by atoms with Crippen LogP contribution >= 0.6 is 11.3 Å². The molecule has 0 aliphatic carbocycles. The number of rotatable bonds is 33. The third-order valence-corrected chi connectivity index (χ3v) is 18.2. The Balaban J connectivity index is 0.000000292. The van der Waals surface area contributed by atoms with Gasteiger partial charge in [0.05, 0.1) is 68.2 Å². The van der Waals surface area contributed by atoms with Crippen molar-refractivity contribution < 1.29 is 57.9 Å². The Morgan fingerprint density at radius 2 is 1.24 bits per heavy atom. The first-order chi connectivity index (χ1) is 47.9. The summed E-state index contributed by atoms with van der Waals surface area (Å²) >= 11 is 1.58. The number of ether oxygens (including phenoxy) is 4. The lowest BCUT2D eigenvalue weighted by Gasteiger charge is -2.35. The maximum atomic E-state index is 14.2. The first-order valence-corrected chi connectivity index (χ1v) is 35.1. The summed E-state index contributed by atoms with van der Waals surface area (Å²) in [5, 5.41) is 28.1. The fourth-order valence-electron chi connectivity index (χ4n) is 11.8. The minimum Gasteiger partial charge on any atom is -0.466 e. The standard InChI is InChI=1S/C49H60N6O7S.C30H38N2O5/c1-32(36-15-17-37(18-16-36)45-33(2)51-31-63-45)52-47(60)43-26-40(58)29-55(43)48(61)46(49(3,4)5)53-44(59)21-24-62-25-23-54(22-20-38-27-50-42-9-7-6-8-41(38)42)28-35-12-10-34(11-13-35)14-19-39(57)30-56;1-30(2,3)37-29(34)16-19-36-20-18-32(17-15-25-21-31-27-8-6-5-7-26(25)27)22-24-11-9-23(10-12-24)13-14-28(33)35-4/h6-19,27,31-32,40,43,46,50,56,58H,20-26,28-30H2,1-5H3,(H,52,60)(H,53,59);5-14,21,31H,15-20,22H2,1-4H3/b19-14+;14-13+/t32-,40+,43-,46?;/m0./s1. The number of para-hydroxylation sites is 2. The molecule has 1 fully saturated rings. The Morgan fingerprint density at radius 3 is 1.75 bits per heavy atom. The van der Waals surface area contributed by atoms with Crippen molar-refractivity contribution >= 4 is 80.7 Å². The number of nitrogens with one attached hydrogen (secondary N) is 4. The molecule has 6 N–H and O–H groups in total. The Kier molecular flexibility index (Phi) is 28.8. The highest BCUT2D eigenvalue weighted by Gasteiger charge is 2.45. The second kappa shape index (κ2) is 37.5. The number of ketones is 1. The van der Waals surface area contributed by atoms with E-state index in [0.717, 1.165) is 88.4 Å². The monoisotopic (exact) mass is 1380 g/mol. The van der Waals surface area contributed by atoms with Crippen molar-refractivity contribution in [2.24, 2.45) is 5.41 Å². The average Bonchev–Trinajstić information content (AvgIpc) is 1.60. The minimum absolute atomic E-state index is 0.0105. The molecule has 0 radical (unpaired) electrons. The van der Waals surface area contributed by atoms with Gasteiger partial charge in [0.2, 0.25) is 17.7 Å². The van der Waals surface area contributed by atoms with Crippen molar-refractivity contribution in [3.63, 3.8) is 0 Å². The molecule has 5 aromatic carbocycles. The van der Waals surface area contributed by atoms with E-state index in [4.69, 9.17) is 19.3 Å². The molecule has 4 atom stereocenters. The number of aromatic amines is 2. The SMILES string of the molecule is COC(=O)/C=C/c1ccc(CN(CCOCCC(=O)OC(C)(C)C)CCc2c[nH]c3ccccc23)cc1.Cc1ncsc1-c1ccc([C@H](C)NC(=O)[C@@H]2C[C@@H](O)CN2C(=O)C(NC(=O)CCOCCN(CCc2c[nH]c3ccccc23)Cc2ccc(/C=C/C(=O)CO)cc2)C(C)(C)C)cc1. The summed E-state index contributed by atoms with van der Waals surface area (Å²) < 4.78 is 21.8. The topological polar surface area (TPSA) is 258 Å². The summed E-state index contributed by atoms with van der Waals surface area (Å²) in [6.45, 7) is 20.3. The largest absolute Gasteiger partial charge is 0.466 e. The number of methoxy groups -OCH3 is 1. The highest BCUT2D eigenvalue weighted by Crippen LogP contribution is 2.31. The molecule has 8 aromatic rings. The number of aryl methyl sites for hydroxylation is 1. The van der Waals surface area contributed by atoms with Crippen molar-refractivity contribution in [2.75, 3.05) is 72.9 Å². The van der Waals surface area contributed by atoms with Crippen LogP contribution in [0.25, 0.3) is 44.4 Å². The number of hydrogen-bond donors (Lipinski definition) is 6. The zero-order valence-corrected chi connectivity index (χ0v) is 59.9. The first kappa shape index (κ1) is 76.8. The van der Waals surface area contributed by atoms with Gasteiger partial charge in [0.1, 0.15) is 24.3 Å². The van der Waals surface area contributed by atoms with Gasteiger partial charge in [-0.15, -0.1) is 11.3 Å². The van der Waals surface area contributed by atoms with E-state index < -0.39 is 41.7 Å². The molecule has 9 rings (SSSR count). The Bertz CT molecular complexity index is 4010. The fraction of sp³-hybridized carbons (Fsp3) is 0.405. The van der Waals surface area contributed by atoms with Crippen LogP contribution in [0.2, 0.25) is 0 Å². The summed E-state index contributed by atoms with van der Waals surface area (Å²) in [4.78, 5) is 94.2. The number of carbonyl (C=O) groups is 6. The van der Waals surface area contributed by atoms with Crippen molar-refractivity contribution in [1.29, 1.82) is 0 Å². The molecule has 0 saturated carbocycles. The maximum Gasteiger partial charge on any atom is 0.330 e. The third kappa shape index (κ3) is 23.9. The molecular formula is C79H98N8O12S. The third-order valence-electron chi connectivity index (χ3n) is 17.3. The summed E-state index contributed by atoms with van der Waals surface area (Å²) in [6, 6.07) is 38.3. The zero-order chi connectivity index (χ0) is 71.8. The van der Waals surface area contributed by atoms with Gasteiger partial charge in [-0.05, 0) is 122 Å². The van der Waals surface area contributed by atoms with Gasteiger partial charge >= 0.3 is 11.9 Å². The van der Waals surface area contributed by atoms with Crippen LogP contribution in [0.3, 0.4) is 0 Å². The molecule has 1 aliphatic heterocycles. The van der Waals surface area contributed by atoms with Gasteiger partial charge in [0.15, 0.2) is 5.78 Å². The van der Waals surface area contributed by atoms with E-state index in [1.54, 1.807) is 23.5 Å². The van der Waals surface area contributed by atoms with E-state index >= 15 is 0 Å². The van der Waals surface area contributed by atoms with Gasteiger partial charge < -0.3 is 54.7 Å². The van der Waals surface area contributed by atoms with Crippen LogP contribution in [-0.4, -0.2) is 172 Å². The van der Waals surface area contributed by atoms with Gasteiger partial charge in [-0.3, -0.25) is 33.8 Å². The molecule has 0 bridgehead atoms. The minimum atomic E-state index is -0.942. The number of nitrogens with zero attached hydrogens (tertiary/aromatic N) is 4. The Labute approximate surface area is 591 Å². The Morgan fingerprint density at radius 1 is 0.700 bits per heavy atom. The molecule has 4 heterocycles. The second-order valence-corrected chi connectivity index (χ2v) is 28.1. The number of thiazole rings is 1. The molecule has 1 saturated heterocycles. The number of carbonyl (C=O) groups excluding carboxylic acids is 6. The number of esters is 2. The molecular weight excluding hydrogens is 1280 g/mol. The smallest absolute Gasteiger partial charge is 0.330 e. The van der Waals surface area contributed by atoms with Crippen LogP contribution in [0.4, 0.5) is 0 Å². The quantitative estimate of drug-likeness (QED) is 0.0127. The van der Waals surface area contributed by atoms with Crippen molar-refractivity contribution in [3.05, 3.63) is 196 Å². The molecule has 3 amide bonds. The molecule has 20 nitrogen and oxygen atoms in total. The lowest BCUT2D eigenvalue weighted by Crippen LogP contribution is -2.58. The van der Waals surface area contributed by atoms with Gasteiger partial charge in [0, 0.05) is 98.9 Å². The number of aliphatic hydroxyl groups is 2. The van der Waals surface area contributed by atoms with E-state index in [1.807, 2.05) is 140 Å². The van der Waals surface area contributed by atoms with Crippen LogP contribution in [-0.2, 0) is 73.6 Å². The van der Waals surface area contributed by atoms with Gasteiger partial charge in [0.25, 0.3) is 0 Å². The van der Waals surface area contributed by atoms with E-state index in [0.29, 0.717) is 32.9 Å². The number of β-amino-alcohol motifs (C(OH)–C–C–N with tert-alkyl or cyclic N) is 1. The van der Waals surface area contributed by atoms with E-state index in [9.17, 15) is 33.9 Å². The number of amides is 3. The number of aliphatic hydroxyl groups excluding tert-OH is 2. The predicted octanol–water partition coefficient (Wildman–Crippen LogP) is 11.1. The number of H-pyrrole nitrogens is 2. The summed E-state index contributed by atoms with van der Waals surface area (Å²) in [5.41, 5.74) is 12.4. The van der Waals surface area contributed by atoms with Crippen LogP contribution in [0.1, 0.15) is 118 Å². The van der Waals surface area contributed by atoms with Crippen LogP contribution < -0.4 is 10.6 Å². The Hall–Kier alpha value is -8.93. The van der Waals surface area contributed by atoms with E-state index in [2.05, 4.69) is 95.0 Å². The lowest BCUT2D eigenvalue weighted by molar-refractivity contribution is -0.156. The molecule has 1 unspecified atom stereocenters. The number of aromatic nitrogens is 3. The van der Waals surface area contributed by atoms with Crippen LogP contribution in [0, 0.1) is 12.3 Å². The number of hydrogen-bond acceptors (Lipinski definition) is 16. The van der Waals surface area contributed by atoms with Crippen molar-refractivity contribution in [1.82, 2.24) is 40.3 Å². The van der Waals surface area contributed by atoms with E-state index in [-0.39, 0.29) is 68.0 Å². The highest BCUT2D eigenvalue weighted by molar-refractivity contribution is 7.13. The first-order valence-electron chi connectivity index (χ1n) is 34.2. The molecule has 100 heavy (non-hydrogen) atoms. The van der Waals surface area contributed by atoms with E-state index in [1.165, 1.54) is 51.6 Å². The number of benzene rings is 5. The number of fused-ring (bicyclic) bond motifs is 2. The second-order valence-electron chi connectivity index (χ2n) is 27.3. The molecule has 532 valence electrons. The van der Waals surface area contributed by atoms with Gasteiger partial charge in [-0.2, -0.15) is 0 Å². The summed E-state index contributed by atoms with van der Waals surface area (Å²) in [5.74, 6) is -2.10. The van der Waals surface area contributed by atoms with Crippen LogP contribution in [0.15, 0.2) is 151 Å². The van der Waals surface area contributed by atoms with Gasteiger partial charge in [-0.1, -0.05) is 136 Å². The average molecular weight is 1380 g/mol. The number of likely N-dealkylation sites (tertiary alicyclic amines) is 1. The summed E-state index contributed by atoms with van der Waals surface area (Å²) in [7, 11) is 1.36. The normalized spacial score (nSPS) is 14.8. The van der Waals surface area contributed by atoms with Gasteiger partial charge in [-0.25, -0.2) is 9.78 Å². The highest BCUT2D eigenvalue weighted by atomic mass is 32.1. The molecule has 1 aliphatic rings. The molecule has 3 aromatic heterocycles. The lowest BCUT2D eigenvalue weighted by atomic mass is 9.85. The fourth-order valence-corrected chi connectivity index (χ4v) is 12.6. The zero-order valence-electron chi connectivity index (χ0n) is 59.1. The van der Waals surface area contributed by atoms with Crippen molar-refractivity contribution in [2.45, 2.75) is 130 Å². The van der Waals surface area contributed by atoms with Crippen molar-refractivity contribution in [3.8, 4) is 10.4 Å². The van der Waals surface area contributed by atoms with Crippen LogP contribution in [0.5, 0.6) is 0 Å².